The minimum Gasteiger partial charge on any atom is -0.497 e. The van der Waals surface area contributed by atoms with Gasteiger partial charge in [0, 0.05) is 24.2 Å². The first kappa shape index (κ1) is 18.3. The first-order valence-electron chi connectivity index (χ1n) is 9.65. The number of benzene rings is 2. The number of hydrogen-bond donors (Lipinski definition) is 0. The molecule has 5 rings (SSSR count). The maximum absolute atomic E-state index is 13.5. The quantitative estimate of drug-likeness (QED) is 0.661. The van der Waals surface area contributed by atoms with Crippen LogP contribution < -0.4 is 4.74 Å². The number of rotatable bonds is 4. The van der Waals surface area contributed by atoms with E-state index < -0.39 is 10.0 Å². The van der Waals surface area contributed by atoms with E-state index in [1.807, 2.05) is 36.4 Å². The lowest BCUT2D eigenvalue weighted by Crippen LogP contribution is -2.42. The molecule has 0 radical (unpaired) electrons. The van der Waals surface area contributed by atoms with Crippen LogP contribution in [0.15, 0.2) is 66.0 Å². The third kappa shape index (κ3) is 3.01. The maximum Gasteiger partial charge on any atom is 0.243 e. The first-order chi connectivity index (χ1) is 14.1. The molecule has 0 amide bonds. The Morgan fingerprint density at radius 1 is 1.00 bits per heavy atom. The highest BCUT2D eigenvalue weighted by atomic mass is 32.2. The van der Waals surface area contributed by atoms with Gasteiger partial charge >= 0.3 is 0 Å². The Kier molecular flexibility index (Phi) is 4.37. The Labute approximate surface area is 170 Å². The van der Waals surface area contributed by atoms with Crippen LogP contribution in [0.4, 0.5) is 0 Å². The lowest BCUT2D eigenvalue weighted by molar-refractivity contribution is 0.300. The van der Waals surface area contributed by atoms with Crippen LogP contribution in [-0.2, 0) is 16.4 Å². The number of ether oxygens (including phenoxy) is 1. The molecule has 148 valence electrons. The van der Waals surface area contributed by atoms with Crippen LogP contribution >= 0.6 is 0 Å². The zero-order chi connectivity index (χ0) is 20.0. The van der Waals surface area contributed by atoms with E-state index in [0.717, 1.165) is 41.0 Å². The molecule has 0 spiro atoms. The zero-order valence-corrected chi connectivity index (χ0v) is 16.8. The Balaban J connectivity index is 1.46. The van der Waals surface area contributed by atoms with Gasteiger partial charge in [-0.2, -0.15) is 4.31 Å². The van der Waals surface area contributed by atoms with E-state index >= 15 is 0 Å². The van der Waals surface area contributed by atoms with Gasteiger partial charge in [0.1, 0.15) is 12.1 Å². The molecule has 7 heteroatoms. The van der Waals surface area contributed by atoms with E-state index in [1.165, 1.54) is 0 Å². The molecule has 0 N–H and O–H groups in total. The largest absolute Gasteiger partial charge is 0.497 e. The van der Waals surface area contributed by atoms with Crippen molar-refractivity contribution in [1.82, 2.24) is 14.3 Å². The molecule has 3 aromatic rings. The molecule has 2 aliphatic rings. The van der Waals surface area contributed by atoms with Crippen LogP contribution in [0.5, 0.6) is 5.75 Å². The predicted molar refractivity (Wildman–Crippen MR) is 109 cm³/mol. The lowest BCUT2D eigenvalue weighted by atomic mass is 10.0. The molecule has 3 heterocycles. The molecule has 2 aromatic carbocycles. The van der Waals surface area contributed by atoms with Gasteiger partial charge in [-0.05, 0) is 48.2 Å². The smallest absolute Gasteiger partial charge is 0.243 e. The summed E-state index contributed by atoms with van der Waals surface area (Å²) in [6.45, 7) is 0. The van der Waals surface area contributed by atoms with Crippen LogP contribution in [0.25, 0.3) is 11.1 Å². The number of sulfonamides is 1. The van der Waals surface area contributed by atoms with Crippen LogP contribution in [-0.4, -0.2) is 35.8 Å². The third-order valence-corrected chi connectivity index (χ3v) is 7.88. The molecule has 2 bridgehead atoms. The van der Waals surface area contributed by atoms with Gasteiger partial charge in [-0.15, -0.1) is 0 Å². The normalized spacial score (nSPS) is 21.0. The van der Waals surface area contributed by atoms with Crippen molar-refractivity contribution in [3.8, 4) is 16.9 Å². The van der Waals surface area contributed by atoms with Gasteiger partial charge in [0.15, 0.2) is 0 Å². The summed E-state index contributed by atoms with van der Waals surface area (Å²) >= 11 is 0. The van der Waals surface area contributed by atoms with Gasteiger partial charge in [0.05, 0.1) is 23.7 Å². The molecule has 6 nitrogen and oxygen atoms in total. The van der Waals surface area contributed by atoms with Crippen LogP contribution in [0.1, 0.15) is 30.1 Å². The maximum atomic E-state index is 13.5. The number of aromatic nitrogens is 2. The highest BCUT2D eigenvalue weighted by Gasteiger charge is 2.47. The molecule has 1 saturated heterocycles. The molecule has 1 aromatic heterocycles. The second kappa shape index (κ2) is 6.93. The molecule has 2 aliphatic heterocycles. The van der Waals surface area contributed by atoms with Crippen molar-refractivity contribution in [3.63, 3.8) is 0 Å². The van der Waals surface area contributed by atoms with Crippen molar-refractivity contribution in [2.24, 2.45) is 0 Å². The number of methoxy groups -OCH3 is 1. The molecule has 0 aliphatic carbocycles. The molecule has 0 saturated carbocycles. The van der Waals surface area contributed by atoms with Gasteiger partial charge < -0.3 is 4.74 Å². The Bertz CT molecular complexity index is 1140. The average Bonchev–Trinajstić information content (AvgIpc) is 3.10. The Morgan fingerprint density at radius 3 is 2.38 bits per heavy atom. The van der Waals surface area contributed by atoms with Crippen LogP contribution in [0.2, 0.25) is 0 Å². The number of hydrogen-bond acceptors (Lipinski definition) is 5. The summed E-state index contributed by atoms with van der Waals surface area (Å²) < 4.78 is 33.8. The van der Waals surface area contributed by atoms with Gasteiger partial charge in [-0.25, -0.2) is 18.4 Å². The van der Waals surface area contributed by atoms with Crippen LogP contribution in [0.3, 0.4) is 0 Å². The fraction of sp³-hybridized carbons (Fsp3) is 0.273. The highest BCUT2D eigenvalue weighted by Crippen LogP contribution is 2.45. The second-order valence-corrected chi connectivity index (χ2v) is 9.31. The number of fused-ring (bicyclic) bond motifs is 4. The zero-order valence-electron chi connectivity index (χ0n) is 16.0. The summed E-state index contributed by atoms with van der Waals surface area (Å²) in [7, 11) is -1.96. The standard InChI is InChI=1S/C22H21N3O3S/c1-28-18-7-2-15(3-8-18)16-4-9-19(10-5-16)29(26,27)25-17-6-11-22(25)20-13-23-14-24-21(20)12-17/h2-5,7-10,13-14,17,22H,6,11-12H2,1H3. The van der Waals surface area contributed by atoms with E-state index in [0.29, 0.717) is 11.3 Å². The van der Waals surface area contributed by atoms with Gasteiger partial charge in [0.25, 0.3) is 0 Å². The summed E-state index contributed by atoms with van der Waals surface area (Å²) in [5.74, 6) is 0.790. The summed E-state index contributed by atoms with van der Waals surface area (Å²) in [4.78, 5) is 8.81. The molecule has 2 unspecified atom stereocenters. The van der Waals surface area contributed by atoms with Crippen molar-refractivity contribution < 1.29 is 13.2 Å². The lowest BCUT2D eigenvalue weighted by Gasteiger charge is -2.34. The van der Waals surface area contributed by atoms with E-state index in [4.69, 9.17) is 4.74 Å². The topological polar surface area (TPSA) is 72.4 Å². The molecular formula is C22H21N3O3S. The van der Waals surface area contributed by atoms with Crippen molar-refractivity contribution in [2.45, 2.75) is 36.2 Å². The fourth-order valence-electron chi connectivity index (χ4n) is 4.47. The summed E-state index contributed by atoms with van der Waals surface area (Å²) in [6, 6.07) is 14.6. The first-order valence-corrected chi connectivity index (χ1v) is 11.1. The molecular weight excluding hydrogens is 386 g/mol. The minimum absolute atomic E-state index is 0.0336. The number of nitrogens with zero attached hydrogens (tertiary/aromatic N) is 3. The SMILES string of the molecule is COc1ccc(-c2ccc(S(=O)(=O)N3C4CCC3c3cncnc3C4)cc2)cc1. The van der Waals surface area contributed by atoms with Crippen molar-refractivity contribution in [1.29, 1.82) is 0 Å². The van der Waals surface area contributed by atoms with Crippen molar-refractivity contribution in [3.05, 3.63) is 72.3 Å². The highest BCUT2D eigenvalue weighted by molar-refractivity contribution is 7.89. The van der Waals surface area contributed by atoms with E-state index in [2.05, 4.69) is 9.97 Å². The van der Waals surface area contributed by atoms with Gasteiger partial charge in [-0.3, -0.25) is 0 Å². The van der Waals surface area contributed by atoms with Gasteiger partial charge in [-0.1, -0.05) is 24.3 Å². The second-order valence-electron chi connectivity index (χ2n) is 7.46. The minimum atomic E-state index is -3.59. The summed E-state index contributed by atoms with van der Waals surface area (Å²) in [5, 5.41) is 0. The van der Waals surface area contributed by atoms with E-state index in [9.17, 15) is 8.42 Å². The van der Waals surface area contributed by atoms with Crippen LogP contribution in [0, 0.1) is 0 Å². The van der Waals surface area contributed by atoms with Crippen molar-refractivity contribution >= 4 is 10.0 Å². The Hall–Kier alpha value is -2.77. The van der Waals surface area contributed by atoms with Gasteiger partial charge in [0.2, 0.25) is 10.0 Å². The molecule has 1 fully saturated rings. The van der Waals surface area contributed by atoms with Crippen molar-refractivity contribution in [2.75, 3.05) is 7.11 Å². The molecule has 2 atom stereocenters. The van der Waals surface area contributed by atoms with E-state index in [1.54, 1.807) is 36.1 Å². The molecule has 29 heavy (non-hydrogen) atoms. The van der Waals surface area contributed by atoms with E-state index in [-0.39, 0.29) is 12.1 Å². The Morgan fingerprint density at radius 2 is 1.69 bits per heavy atom. The summed E-state index contributed by atoms with van der Waals surface area (Å²) in [5.41, 5.74) is 3.90. The summed E-state index contributed by atoms with van der Waals surface area (Å²) in [6.07, 6.45) is 5.63. The predicted octanol–water partition coefficient (Wildman–Crippen LogP) is 3.60. The average molecular weight is 407 g/mol. The fourth-order valence-corrected chi connectivity index (χ4v) is 6.32. The monoisotopic (exact) mass is 407 g/mol. The third-order valence-electron chi connectivity index (χ3n) is 5.91.